The molecule has 0 aromatic rings. The fourth-order valence-electron chi connectivity index (χ4n) is 3.91. The lowest BCUT2D eigenvalue weighted by molar-refractivity contribution is -0.138. The Bertz CT molecular complexity index is 922. The van der Waals surface area contributed by atoms with Crippen LogP contribution < -0.4 is 10.6 Å². The molecule has 12 heteroatoms. The van der Waals surface area contributed by atoms with Crippen molar-refractivity contribution in [2.75, 3.05) is 32.4 Å². The summed E-state index contributed by atoms with van der Waals surface area (Å²) in [4.78, 5) is 87.4. The zero-order valence-electron chi connectivity index (χ0n) is 24.0. The van der Waals surface area contributed by atoms with Gasteiger partial charge in [-0.1, -0.05) is 34.1 Å². The van der Waals surface area contributed by atoms with E-state index >= 15 is 0 Å². The molecule has 39 heavy (non-hydrogen) atoms. The van der Waals surface area contributed by atoms with Crippen molar-refractivity contribution >= 4 is 52.9 Å². The topological polar surface area (TPSA) is 150 Å². The molecule has 1 fully saturated rings. The van der Waals surface area contributed by atoms with Crippen molar-refractivity contribution in [2.45, 2.75) is 84.4 Å². The zero-order valence-corrected chi connectivity index (χ0v) is 24.9. The minimum absolute atomic E-state index is 0.0176. The van der Waals surface area contributed by atoms with Gasteiger partial charge in [-0.15, -0.1) is 11.8 Å². The van der Waals surface area contributed by atoms with Gasteiger partial charge in [-0.2, -0.15) is 0 Å². The van der Waals surface area contributed by atoms with Crippen LogP contribution in [0, 0.1) is 11.8 Å². The van der Waals surface area contributed by atoms with Gasteiger partial charge in [-0.3, -0.25) is 38.5 Å². The lowest BCUT2D eigenvalue weighted by Gasteiger charge is -2.20. The molecule has 0 aliphatic carbocycles. The zero-order chi connectivity index (χ0) is 29.7. The van der Waals surface area contributed by atoms with Crippen LogP contribution in [0.25, 0.3) is 0 Å². The normalized spacial score (nSPS) is 16.0. The highest BCUT2D eigenvalue weighted by molar-refractivity contribution is 8.00. The molecule has 1 aliphatic heterocycles. The number of likely N-dealkylation sites (N-methyl/N-ethyl adjacent to an activating group) is 1. The summed E-state index contributed by atoms with van der Waals surface area (Å²) in [5.74, 6) is -1.56. The SMILES string of the molecule is CC(C)C(=O)CCCCCN1C(=O)CC(SCCC(=O)NCC(=O)N(C)CC(=O)NC(C)C(=O)C(C)C)C1=O. The number of amides is 5. The predicted octanol–water partition coefficient (Wildman–Crippen LogP) is 1.33. The smallest absolute Gasteiger partial charge is 0.242 e. The summed E-state index contributed by atoms with van der Waals surface area (Å²) in [6.45, 7) is 8.62. The van der Waals surface area contributed by atoms with Gasteiger partial charge in [0.25, 0.3) is 0 Å². The van der Waals surface area contributed by atoms with E-state index in [1.54, 1.807) is 20.8 Å². The summed E-state index contributed by atoms with van der Waals surface area (Å²) in [5, 5.41) is 4.54. The molecule has 2 atom stereocenters. The van der Waals surface area contributed by atoms with Crippen LogP contribution in [-0.2, 0) is 33.6 Å². The van der Waals surface area contributed by atoms with E-state index < -0.39 is 23.1 Å². The number of unbranched alkanes of at least 4 members (excludes halogenated alkanes) is 2. The maximum Gasteiger partial charge on any atom is 0.242 e. The van der Waals surface area contributed by atoms with Crippen LogP contribution >= 0.6 is 11.8 Å². The van der Waals surface area contributed by atoms with E-state index in [9.17, 15) is 33.6 Å². The molecule has 11 nitrogen and oxygen atoms in total. The summed E-state index contributed by atoms with van der Waals surface area (Å²) >= 11 is 1.24. The van der Waals surface area contributed by atoms with E-state index in [-0.39, 0.29) is 67.1 Å². The summed E-state index contributed by atoms with van der Waals surface area (Å²) < 4.78 is 0. The largest absolute Gasteiger partial charge is 0.347 e. The summed E-state index contributed by atoms with van der Waals surface area (Å²) in [7, 11) is 1.43. The first-order valence-electron chi connectivity index (χ1n) is 13.6. The van der Waals surface area contributed by atoms with E-state index in [1.165, 1.54) is 23.7 Å². The molecule has 1 saturated heterocycles. The van der Waals surface area contributed by atoms with Crippen molar-refractivity contribution in [3.8, 4) is 0 Å². The Morgan fingerprint density at radius 3 is 2.23 bits per heavy atom. The summed E-state index contributed by atoms with van der Waals surface area (Å²) in [6.07, 6.45) is 2.84. The average Bonchev–Trinajstić information content (AvgIpc) is 3.13. The molecule has 1 rings (SSSR count). The molecule has 0 spiro atoms. The van der Waals surface area contributed by atoms with Gasteiger partial charge in [0, 0.05) is 50.4 Å². The van der Waals surface area contributed by atoms with Crippen molar-refractivity contribution in [1.82, 2.24) is 20.4 Å². The van der Waals surface area contributed by atoms with Crippen LogP contribution in [0.4, 0.5) is 0 Å². The summed E-state index contributed by atoms with van der Waals surface area (Å²) in [5.41, 5.74) is 0. The van der Waals surface area contributed by atoms with E-state index in [4.69, 9.17) is 0 Å². The number of thioether (sulfide) groups is 1. The first-order chi connectivity index (χ1) is 18.2. The maximum atomic E-state index is 12.6. The maximum absolute atomic E-state index is 12.6. The lowest BCUT2D eigenvalue weighted by Crippen LogP contribution is -2.47. The predicted molar refractivity (Wildman–Crippen MR) is 149 cm³/mol. The van der Waals surface area contributed by atoms with E-state index in [2.05, 4.69) is 10.6 Å². The number of ketones is 2. The quantitative estimate of drug-likeness (QED) is 0.186. The summed E-state index contributed by atoms with van der Waals surface area (Å²) in [6, 6.07) is -0.654. The second kappa shape index (κ2) is 17.0. The number of nitrogens with one attached hydrogen (secondary N) is 2. The molecular weight excluding hydrogens is 524 g/mol. The number of hydrogen-bond acceptors (Lipinski definition) is 8. The average molecular weight is 569 g/mol. The minimum atomic E-state index is -0.654. The lowest BCUT2D eigenvalue weighted by atomic mass is 10.0. The van der Waals surface area contributed by atoms with E-state index in [0.717, 1.165) is 17.7 Å². The number of likely N-dealkylation sites (tertiary alicyclic amines) is 1. The Labute approximate surface area is 235 Å². The molecule has 1 heterocycles. The Morgan fingerprint density at radius 1 is 0.949 bits per heavy atom. The fraction of sp³-hybridized carbons (Fsp3) is 0.741. The van der Waals surface area contributed by atoms with Crippen LogP contribution in [0.15, 0.2) is 0 Å². The molecule has 1 aliphatic rings. The van der Waals surface area contributed by atoms with Crippen molar-refractivity contribution in [2.24, 2.45) is 11.8 Å². The number of Topliss-reactive ketones (excluding diaryl/α,β-unsaturated/α-hetero) is 2. The first kappa shape index (κ1) is 34.3. The number of rotatable bonds is 18. The van der Waals surface area contributed by atoms with Gasteiger partial charge >= 0.3 is 0 Å². The molecule has 2 unspecified atom stereocenters. The van der Waals surface area contributed by atoms with Crippen LogP contribution in [0.2, 0.25) is 0 Å². The van der Waals surface area contributed by atoms with Gasteiger partial charge in [0.15, 0.2) is 5.78 Å². The van der Waals surface area contributed by atoms with Crippen molar-refractivity contribution < 1.29 is 33.6 Å². The molecular formula is C27H44N4O7S. The Kier molecular flexibility index (Phi) is 15.0. The molecule has 0 bridgehead atoms. The van der Waals surface area contributed by atoms with Gasteiger partial charge in [-0.05, 0) is 19.8 Å². The molecule has 0 aromatic carbocycles. The second-order valence-electron chi connectivity index (χ2n) is 10.5. The third kappa shape index (κ3) is 12.3. The number of carbonyl (C=O) groups is 7. The number of carbonyl (C=O) groups excluding carboxylic acids is 7. The Hall–Kier alpha value is -2.76. The Balaban J connectivity index is 2.29. The van der Waals surface area contributed by atoms with Crippen LogP contribution in [0.1, 0.15) is 73.1 Å². The molecule has 220 valence electrons. The minimum Gasteiger partial charge on any atom is -0.347 e. The third-order valence-electron chi connectivity index (χ3n) is 6.42. The number of nitrogens with zero attached hydrogens (tertiary/aromatic N) is 2. The van der Waals surface area contributed by atoms with Crippen molar-refractivity contribution in [1.29, 1.82) is 0 Å². The van der Waals surface area contributed by atoms with Gasteiger partial charge in [0.2, 0.25) is 29.5 Å². The van der Waals surface area contributed by atoms with E-state index in [1.807, 2.05) is 13.8 Å². The molecule has 0 aromatic heterocycles. The molecule has 5 amide bonds. The van der Waals surface area contributed by atoms with Crippen molar-refractivity contribution in [3.05, 3.63) is 0 Å². The molecule has 0 saturated carbocycles. The van der Waals surface area contributed by atoms with E-state index in [0.29, 0.717) is 25.1 Å². The van der Waals surface area contributed by atoms with Gasteiger partial charge in [0.1, 0.15) is 5.78 Å². The van der Waals surface area contributed by atoms with Gasteiger partial charge in [-0.25, -0.2) is 0 Å². The third-order valence-corrected chi connectivity index (χ3v) is 7.63. The molecule has 2 N–H and O–H groups in total. The highest BCUT2D eigenvalue weighted by Gasteiger charge is 2.38. The Morgan fingerprint density at radius 2 is 1.62 bits per heavy atom. The van der Waals surface area contributed by atoms with Gasteiger partial charge in [0.05, 0.1) is 24.4 Å². The molecule has 0 radical (unpaired) electrons. The highest BCUT2D eigenvalue weighted by Crippen LogP contribution is 2.26. The van der Waals surface area contributed by atoms with Crippen LogP contribution in [0.3, 0.4) is 0 Å². The fourth-order valence-corrected chi connectivity index (χ4v) is 5.02. The first-order valence-corrected chi connectivity index (χ1v) is 14.6. The standard InChI is InChI=1S/C27H44N4O7S/c1-17(2)20(32)10-8-7-9-12-31-24(35)14-21(27(31)38)39-13-11-22(33)28-15-25(36)30(6)16-23(34)29-19(5)26(37)18(3)4/h17-19,21H,7-16H2,1-6H3,(H,28,33)(H,29,34). The highest BCUT2D eigenvalue weighted by atomic mass is 32.2. The number of hydrogen-bond donors (Lipinski definition) is 2. The van der Waals surface area contributed by atoms with Gasteiger partial charge < -0.3 is 15.5 Å². The number of imide groups is 1. The monoisotopic (exact) mass is 568 g/mol. The van der Waals surface area contributed by atoms with Crippen LogP contribution in [0.5, 0.6) is 0 Å². The van der Waals surface area contributed by atoms with Crippen LogP contribution in [-0.4, -0.2) is 94.6 Å². The second-order valence-corrected chi connectivity index (χ2v) is 11.8. The van der Waals surface area contributed by atoms with Crippen molar-refractivity contribution in [3.63, 3.8) is 0 Å².